The van der Waals surface area contributed by atoms with Gasteiger partial charge in [0.1, 0.15) is 0 Å². The quantitative estimate of drug-likeness (QED) is 0.634. The molecule has 1 heterocycles. The molecule has 1 aromatic rings. The molecule has 1 unspecified atom stereocenters. The minimum absolute atomic E-state index is 0.0298. The Labute approximate surface area is 124 Å². The van der Waals surface area contributed by atoms with Gasteiger partial charge in [-0.1, -0.05) is 12.1 Å². The average molecular weight is 316 g/mol. The maximum Gasteiger partial charge on any atom is 0.215 e. The highest BCUT2D eigenvalue weighted by atomic mass is 32.2. The van der Waals surface area contributed by atoms with E-state index in [9.17, 15) is 8.42 Å². The number of sulfonamides is 1. The van der Waals surface area contributed by atoms with E-state index >= 15 is 0 Å². The topological polar surface area (TPSA) is 72.6 Å². The van der Waals surface area contributed by atoms with Crippen molar-refractivity contribution in [2.75, 3.05) is 37.4 Å². The third-order valence-corrected chi connectivity index (χ3v) is 6.54. The molecule has 1 aliphatic heterocycles. The van der Waals surface area contributed by atoms with Gasteiger partial charge in [-0.2, -0.15) is 4.31 Å². The first-order chi connectivity index (χ1) is 9.53. The minimum atomic E-state index is -3.19. The van der Waals surface area contributed by atoms with E-state index in [0.29, 0.717) is 24.5 Å². The molecule has 0 saturated carbocycles. The molecule has 1 saturated heterocycles. The van der Waals surface area contributed by atoms with Gasteiger partial charge >= 0.3 is 0 Å². The van der Waals surface area contributed by atoms with Crippen LogP contribution in [-0.2, 0) is 14.8 Å². The van der Waals surface area contributed by atoms with Gasteiger partial charge < -0.3 is 10.5 Å². The van der Waals surface area contributed by atoms with Crippen molar-refractivity contribution in [2.45, 2.75) is 17.4 Å². The maximum atomic E-state index is 12.2. The van der Waals surface area contributed by atoms with Gasteiger partial charge in [0.2, 0.25) is 10.0 Å². The lowest BCUT2D eigenvalue weighted by molar-refractivity contribution is 0.115. The van der Waals surface area contributed by atoms with Crippen LogP contribution in [0.2, 0.25) is 0 Å². The van der Waals surface area contributed by atoms with Gasteiger partial charge in [-0.3, -0.25) is 0 Å². The van der Waals surface area contributed by atoms with Crippen LogP contribution in [0, 0.1) is 0 Å². The van der Waals surface area contributed by atoms with E-state index in [-0.39, 0.29) is 11.9 Å². The van der Waals surface area contributed by atoms with Gasteiger partial charge in [-0.25, -0.2) is 8.42 Å². The highest BCUT2D eigenvalue weighted by molar-refractivity contribution is 8.00. The highest BCUT2D eigenvalue weighted by Crippen LogP contribution is 2.25. The van der Waals surface area contributed by atoms with Crippen molar-refractivity contribution >= 4 is 27.5 Å². The first-order valence-corrected chi connectivity index (χ1v) is 9.10. The van der Waals surface area contributed by atoms with E-state index in [1.165, 1.54) is 16.1 Å². The molecule has 1 aromatic carbocycles. The Morgan fingerprint density at radius 1 is 1.45 bits per heavy atom. The van der Waals surface area contributed by atoms with Crippen LogP contribution in [0.4, 0.5) is 5.69 Å². The Kier molecular flexibility index (Phi) is 5.31. The van der Waals surface area contributed by atoms with Gasteiger partial charge in [-0.05, 0) is 18.6 Å². The molecule has 0 aliphatic carbocycles. The predicted octanol–water partition coefficient (Wildman–Crippen LogP) is 1.41. The molecule has 1 fully saturated rings. The van der Waals surface area contributed by atoms with Gasteiger partial charge in [-0.15, -0.1) is 11.8 Å². The van der Waals surface area contributed by atoms with Gasteiger partial charge in [0.05, 0.1) is 11.9 Å². The van der Waals surface area contributed by atoms with Crippen LogP contribution in [0.5, 0.6) is 0 Å². The predicted molar refractivity (Wildman–Crippen MR) is 82.4 cm³/mol. The number of nitrogen functional groups attached to an aromatic ring is 1. The summed E-state index contributed by atoms with van der Waals surface area (Å²) in [6.45, 7) is 1.02. The number of rotatable bonds is 6. The van der Waals surface area contributed by atoms with Crippen LogP contribution < -0.4 is 5.73 Å². The lowest BCUT2D eigenvalue weighted by Gasteiger charge is -2.16. The fourth-order valence-electron chi connectivity index (χ4n) is 2.14. The minimum Gasteiger partial charge on any atom is -0.398 e. The zero-order valence-electron chi connectivity index (χ0n) is 11.5. The molecule has 1 aliphatic rings. The van der Waals surface area contributed by atoms with E-state index in [4.69, 9.17) is 10.5 Å². The second-order valence-corrected chi connectivity index (χ2v) is 7.93. The summed E-state index contributed by atoms with van der Waals surface area (Å²) >= 11 is 1.48. The van der Waals surface area contributed by atoms with Crippen molar-refractivity contribution < 1.29 is 13.2 Å². The summed E-state index contributed by atoms with van der Waals surface area (Å²) in [5.41, 5.74) is 6.52. The summed E-state index contributed by atoms with van der Waals surface area (Å²) < 4.78 is 31.1. The summed E-state index contributed by atoms with van der Waals surface area (Å²) in [7, 11) is -1.57. The summed E-state index contributed by atoms with van der Waals surface area (Å²) in [6.07, 6.45) is 0.802. The van der Waals surface area contributed by atoms with Gasteiger partial charge in [0, 0.05) is 36.5 Å². The molecule has 0 aromatic heterocycles. The number of ether oxygens (including phenoxy) is 1. The number of methoxy groups -OCH3 is 1. The lowest BCUT2D eigenvalue weighted by atomic mass is 10.3. The van der Waals surface area contributed by atoms with E-state index in [1.54, 1.807) is 7.11 Å². The molecule has 112 valence electrons. The third-order valence-electron chi connectivity index (χ3n) is 3.35. The largest absolute Gasteiger partial charge is 0.398 e. The van der Waals surface area contributed by atoms with E-state index in [2.05, 4.69) is 0 Å². The van der Waals surface area contributed by atoms with E-state index in [0.717, 1.165) is 11.3 Å². The second-order valence-electron chi connectivity index (χ2n) is 4.71. The molecule has 2 N–H and O–H groups in total. The number of hydrogen-bond acceptors (Lipinski definition) is 5. The van der Waals surface area contributed by atoms with Crippen molar-refractivity contribution in [3.8, 4) is 0 Å². The summed E-state index contributed by atoms with van der Waals surface area (Å²) in [4.78, 5) is 0.930. The Balaban J connectivity index is 1.86. The fraction of sp³-hybridized carbons (Fsp3) is 0.538. The number of benzene rings is 1. The molecule has 5 nitrogen and oxygen atoms in total. The molecule has 1 atom stereocenters. The standard InChI is InChI=1S/C13H20N2O3S2/c1-18-11-6-7-15(10-11)20(16,17)9-8-19-13-5-3-2-4-12(13)14/h2-5,11H,6-10,14H2,1H3. The number of para-hydroxylation sites is 1. The maximum absolute atomic E-state index is 12.2. The Morgan fingerprint density at radius 3 is 2.85 bits per heavy atom. The van der Waals surface area contributed by atoms with Crippen LogP contribution in [0.1, 0.15) is 6.42 Å². The van der Waals surface area contributed by atoms with E-state index < -0.39 is 10.0 Å². The highest BCUT2D eigenvalue weighted by Gasteiger charge is 2.30. The molecule has 7 heteroatoms. The number of thioether (sulfide) groups is 1. The average Bonchev–Trinajstić information content (AvgIpc) is 2.90. The number of anilines is 1. The first kappa shape index (κ1) is 15.6. The SMILES string of the molecule is COC1CCN(S(=O)(=O)CCSc2ccccc2N)C1. The van der Waals surface area contributed by atoms with Crippen molar-refractivity contribution in [3.05, 3.63) is 24.3 Å². The Hall–Kier alpha value is -0.760. The molecular weight excluding hydrogens is 296 g/mol. The Bertz CT molecular complexity index is 548. The number of hydrogen-bond donors (Lipinski definition) is 1. The molecule has 0 amide bonds. The van der Waals surface area contributed by atoms with Crippen molar-refractivity contribution in [2.24, 2.45) is 0 Å². The monoisotopic (exact) mass is 316 g/mol. The zero-order valence-corrected chi connectivity index (χ0v) is 13.1. The second kappa shape index (κ2) is 6.80. The molecule has 0 radical (unpaired) electrons. The van der Waals surface area contributed by atoms with Crippen LogP contribution in [-0.4, -0.2) is 50.5 Å². The van der Waals surface area contributed by atoms with Crippen molar-refractivity contribution in [1.82, 2.24) is 4.31 Å². The van der Waals surface area contributed by atoms with E-state index in [1.807, 2.05) is 24.3 Å². The Morgan fingerprint density at radius 2 is 2.20 bits per heavy atom. The normalized spacial score (nSPS) is 20.4. The van der Waals surface area contributed by atoms with Crippen molar-refractivity contribution in [3.63, 3.8) is 0 Å². The molecular formula is C13H20N2O3S2. The smallest absolute Gasteiger partial charge is 0.215 e. The molecule has 0 bridgehead atoms. The summed E-state index contributed by atoms with van der Waals surface area (Å²) in [5.74, 6) is 0.632. The zero-order chi connectivity index (χ0) is 14.6. The van der Waals surface area contributed by atoms with Crippen molar-refractivity contribution in [1.29, 1.82) is 0 Å². The number of nitrogens with two attached hydrogens (primary N) is 1. The van der Waals surface area contributed by atoms with Gasteiger partial charge in [0.25, 0.3) is 0 Å². The summed E-state index contributed by atoms with van der Waals surface area (Å²) in [5, 5.41) is 0. The summed E-state index contributed by atoms with van der Waals surface area (Å²) in [6, 6.07) is 7.49. The molecule has 0 spiro atoms. The van der Waals surface area contributed by atoms with Gasteiger partial charge in [0.15, 0.2) is 0 Å². The van der Waals surface area contributed by atoms with Crippen LogP contribution >= 0.6 is 11.8 Å². The van der Waals surface area contributed by atoms with Crippen LogP contribution in [0.3, 0.4) is 0 Å². The van der Waals surface area contributed by atoms with Crippen LogP contribution in [0.25, 0.3) is 0 Å². The fourth-order valence-corrected chi connectivity index (χ4v) is 4.98. The number of nitrogens with zero attached hydrogens (tertiary/aromatic N) is 1. The lowest BCUT2D eigenvalue weighted by Crippen LogP contribution is -2.32. The first-order valence-electron chi connectivity index (χ1n) is 6.51. The molecule has 2 rings (SSSR count). The third kappa shape index (κ3) is 3.88. The van der Waals surface area contributed by atoms with Crippen LogP contribution in [0.15, 0.2) is 29.2 Å². The molecule has 20 heavy (non-hydrogen) atoms.